The normalized spacial score (nSPS) is 22.3. The van der Waals surface area contributed by atoms with E-state index < -0.39 is 0 Å². The van der Waals surface area contributed by atoms with Crippen LogP contribution in [0.1, 0.15) is 33.0 Å². The lowest BCUT2D eigenvalue weighted by atomic mass is 9.82. The van der Waals surface area contributed by atoms with Gasteiger partial charge in [0.05, 0.1) is 5.56 Å². The van der Waals surface area contributed by atoms with E-state index in [-0.39, 0.29) is 29.5 Å². The average Bonchev–Trinajstić information content (AvgIpc) is 3.02. The van der Waals surface area contributed by atoms with Crippen LogP contribution in [0.25, 0.3) is 0 Å². The molecule has 2 atom stereocenters. The largest absolute Gasteiger partial charge is 0.384 e. The molecule has 4 rings (SSSR count). The smallest absolute Gasteiger partial charge is 0.278 e. The zero-order valence-corrected chi connectivity index (χ0v) is 13.8. The van der Waals surface area contributed by atoms with Gasteiger partial charge in [0.15, 0.2) is 5.69 Å². The van der Waals surface area contributed by atoms with E-state index in [1.807, 2.05) is 4.90 Å². The Bertz CT molecular complexity index is 818. The van der Waals surface area contributed by atoms with E-state index in [1.54, 1.807) is 24.0 Å². The second kappa shape index (κ2) is 5.83. The standard InChI is InChI=1S/C16H18N6O3/c1-9-14(20-25-19-9)16(24)22-8-11-7-21(5-4-12(11)22)15(23)10-2-3-13(17)18-6-10/h2-3,6,11-12H,4-5,7-8H2,1H3,(H2,17,18)/t11-,12-/m0/s1. The van der Waals surface area contributed by atoms with E-state index in [4.69, 9.17) is 5.73 Å². The molecule has 9 nitrogen and oxygen atoms in total. The van der Waals surface area contributed by atoms with Gasteiger partial charge in [-0.25, -0.2) is 9.61 Å². The molecule has 0 saturated carbocycles. The molecule has 0 radical (unpaired) electrons. The Labute approximate surface area is 143 Å². The summed E-state index contributed by atoms with van der Waals surface area (Å²) < 4.78 is 4.61. The van der Waals surface area contributed by atoms with E-state index in [9.17, 15) is 9.59 Å². The number of pyridine rings is 1. The zero-order chi connectivity index (χ0) is 17.6. The molecule has 2 saturated heterocycles. The first kappa shape index (κ1) is 15.6. The second-order valence-corrected chi connectivity index (χ2v) is 6.49. The lowest BCUT2D eigenvalue weighted by molar-refractivity contribution is -0.0231. The summed E-state index contributed by atoms with van der Waals surface area (Å²) in [6.45, 7) is 3.54. The van der Waals surface area contributed by atoms with Crippen molar-refractivity contribution in [2.45, 2.75) is 19.4 Å². The fraction of sp³-hybridized carbons (Fsp3) is 0.438. The zero-order valence-electron chi connectivity index (χ0n) is 13.8. The number of aromatic nitrogens is 3. The molecule has 2 aliphatic rings. The highest BCUT2D eigenvalue weighted by molar-refractivity contribution is 5.95. The number of nitrogen functional groups attached to an aromatic ring is 1. The van der Waals surface area contributed by atoms with Gasteiger partial charge in [-0.3, -0.25) is 9.59 Å². The molecule has 2 aliphatic heterocycles. The van der Waals surface area contributed by atoms with Crippen molar-refractivity contribution in [1.29, 1.82) is 0 Å². The molecule has 4 heterocycles. The van der Waals surface area contributed by atoms with Gasteiger partial charge in [0, 0.05) is 37.8 Å². The van der Waals surface area contributed by atoms with Crippen molar-refractivity contribution in [2.24, 2.45) is 5.92 Å². The molecule has 0 aromatic carbocycles. The maximum atomic E-state index is 12.6. The molecule has 2 amide bonds. The Morgan fingerprint density at radius 3 is 2.72 bits per heavy atom. The Hall–Kier alpha value is -2.97. The average molecular weight is 342 g/mol. The number of carbonyl (C=O) groups is 2. The third-order valence-corrected chi connectivity index (χ3v) is 4.96. The topological polar surface area (TPSA) is 118 Å². The number of fused-ring (bicyclic) bond motifs is 1. The Kier molecular flexibility index (Phi) is 3.63. The molecule has 2 N–H and O–H groups in total. The Morgan fingerprint density at radius 1 is 1.24 bits per heavy atom. The van der Waals surface area contributed by atoms with Gasteiger partial charge in [-0.1, -0.05) is 5.16 Å². The lowest BCUT2D eigenvalue weighted by Crippen LogP contribution is -2.65. The third-order valence-electron chi connectivity index (χ3n) is 4.96. The predicted molar refractivity (Wildman–Crippen MR) is 86.5 cm³/mol. The first-order valence-corrected chi connectivity index (χ1v) is 8.15. The van der Waals surface area contributed by atoms with E-state index >= 15 is 0 Å². The van der Waals surface area contributed by atoms with Gasteiger partial charge in [-0.05, 0) is 30.6 Å². The molecule has 0 unspecified atom stereocenters. The quantitative estimate of drug-likeness (QED) is 0.836. The molecule has 2 aromatic heterocycles. The highest BCUT2D eigenvalue weighted by atomic mass is 16.6. The van der Waals surface area contributed by atoms with E-state index in [2.05, 4.69) is 19.9 Å². The Balaban J connectivity index is 1.40. The maximum Gasteiger partial charge on any atom is 0.278 e. The summed E-state index contributed by atoms with van der Waals surface area (Å²) >= 11 is 0. The number of nitrogens with zero attached hydrogens (tertiary/aromatic N) is 5. The molecule has 0 bridgehead atoms. The van der Waals surface area contributed by atoms with Crippen LogP contribution in [0.2, 0.25) is 0 Å². The van der Waals surface area contributed by atoms with Gasteiger partial charge in [-0.2, -0.15) is 0 Å². The van der Waals surface area contributed by atoms with Gasteiger partial charge in [-0.15, -0.1) is 0 Å². The van der Waals surface area contributed by atoms with Gasteiger partial charge in [0.2, 0.25) is 0 Å². The molecule has 130 valence electrons. The van der Waals surface area contributed by atoms with Crippen molar-refractivity contribution < 1.29 is 14.2 Å². The minimum absolute atomic E-state index is 0.0488. The summed E-state index contributed by atoms with van der Waals surface area (Å²) in [7, 11) is 0. The summed E-state index contributed by atoms with van der Waals surface area (Å²) in [5, 5.41) is 7.34. The van der Waals surface area contributed by atoms with Crippen LogP contribution in [0, 0.1) is 12.8 Å². The molecule has 0 aliphatic carbocycles. The van der Waals surface area contributed by atoms with Crippen LogP contribution in [-0.4, -0.2) is 62.6 Å². The summed E-state index contributed by atoms with van der Waals surface area (Å²) in [4.78, 5) is 32.6. The molecule has 0 spiro atoms. The number of anilines is 1. The van der Waals surface area contributed by atoms with E-state index in [0.29, 0.717) is 36.7 Å². The highest BCUT2D eigenvalue weighted by Crippen LogP contribution is 2.34. The number of hydrogen-bond donors (Lipinski definition) is 1. The summed E-state index contributed by atoms with van der Waals surface area (Å²) in [5.41, 5.74) is 6.86. The van der Waals surface area contributed by atoms with Crippen molar-refractivity contribution in [2.75, 3.05) is 25.4 Å². The molecule has 9 heteroatoms. The fourth-order valence-electron chi connectivity index (χ4n) is 3.55. The van der Waals surface area contributed by atoms with Crippen molar-refractivity contribution in [3.05, 3.63) is 35.3 Å². The van der Waals surface area contributed by atoms with Crippen LogP contribution in [-0.2, 0) is 0 Å². The van der Waals surface area contributed by atoms with Crippen LogP contribution in [0.15, 0.2) is 23.0 Å². The third kappa shape index (κ3) is 2.61. The number of hydrogen-bond acceptors (Lipinski definition) is 7. The van der Waals surface area contributed by atoms with Crippen molar-refractivity contribution >= 4 is 17.6 Å². The van der Waals surface area contributed by atoms with Gasteiger partial charge in [0.25, 0.3) is 11.8 Å². The lowest BCUT2D eigenvalue weighted by Gasteiger charge is -2.53. The van der Waals surface area contributed by atoms with Gasteiger partial charge in [0.1, 0.15) is 11.5 Å². The summed E-state index contributed by atoms with van der Waals surface area (Å²) in [6.07, 6.45) is 2.25. The fourth-order valence-corrected chi connectivity index (χ4v) is 3.55. The minimum atomic E-state index is -0.150. The first-order chi connectivity index (χ1) is 12.0. The number of nitrogens with two attached hydrogens (primary N) is 1. The Morgan fingerprint density at radius 2 is 2.08 bits per heavy atom. The monoisotopic (exact) mass is 342 g/mol. The number of amides is 2. The second-order valence-electron chi connectivity index (χ2n) is 6.49. The van der Waals surface area contributed by atoms with Crippen molar-refractivity contribution in [3.63, 3.8) is 0 Å². The van der Waals surface area contributed by atoms with E-state index in [1.165, 1.54) is 6.20 Å². The van der Waals surface area contributed by atoms with Crippen LogP contribution in [0.4, 0.5) is 5.82 Å². The SMILES string of the molecule is Cc1nonc1C(=O)N1C[C@@H]2CN(C(=O)c3ccc(N)nc3)CC[C@@H]21. The summed E-state index contributed by atoms with van der Waals surface area (Å²) in [6, 6.07) is 3.45. The van der Waals surface area contributed by atoms with Gasteiger partial charge < -0.3 is 15.5 Å². The first-order valence-electron chi connectivity index (χ1n) is 8.15. The number of piperidine rings is 1. The van der Waals surface area contributed by atoms with Crippen LogP contribution in [0.3, 0.4) is 0 Å². The van der Waals surface area contributed by atoms with Crippen LogP contribution >= 0.6 is 0 Å². The molecule has 25 heavy (non-hydrogen) atoms. The molecular formula is C16H18N6O3. The number of likely N-dealkylation sites (tertiary alicyclic amines) is 2. The number of carbonyl (C=O) groups excluding carboxylic acids is 2. The van der Waals surface area contributed by atoms with Gasteiger partial charge >= 0.3 is 0 Å². The van der Waals surface area contributed by atoms with Crippen molar-refractivity contribution in [1.82, 2.24) is 25.1 Å². The molecule has 2 fully saturated rings. The molecular weight excluding hydrogens is 324 g/mol. The van der Waals surface area contributed by atoms with Crippen molar-refractivity contribution in [3.8, 4) is 0 Å². The maximum absolute atomic E-state index is 12.6. The van der Waals surface area contributed by atoms with E-state index in [0.717, 1.165) is 6.42 Å². The molecule has 2 aromatic rings. The van der Waals surface area contributed by atoms with Crippen LogP contribution < -0.4 is 5.73 Å². The minimum Gasteiger partial charge on any atom is -0.384 e. The highest BCUT2D eigenvalue weighted by Gasteiger charge is 2.46. The summed E-state index contributed by atoms with van der Waals surface area (Å²) in [5.74, 6) is 0.472. The number of rotatable bonds is 2. The predicted octanol–water partition coefficient (Wildman–Crippen LogP) is 0.342. The number of aryl methyl sites for hydroxylation is 1. The van der Waals surface area contributed by atoms with Crippen LogP contribution in [0.5, 0.6) is 0 Å².